The molecule has 0 aromatic rings. The molecule has 0 bridgehead atoms. The van der Waals surface area contributed by atoms with Crippen LogP contribution in [-0.4, -0.2) is 39.7 Å². The van der Waals surface area contributed by atoms with Gasteiger partial charge < -0.3 is 9.47 Å². The maximum atomic E-state index is 13.0. The van der Waals surface area contributed by atoms with E-state index in [-0.39, 0.29) is 10.9 Å². The molecule has 1 fully saturated rings. The number of carbonyl (C=O) groups excluding carboxylic acids is 2. The third-order valence-corrected chi connectivity index (χ3v) is 5.06. The minimum Gasteiger partial charge on any atom is -0.464 e. The Morgan fingerprint density at radius 2 is 1.75 bits per heavy atom. The second-order valence-corrected chi connectivity index (χ2v) is 8.44. The van der Waals surface area contributed by atoms with E-state index in [4.69, 9.17) is 9.47 Å². The Balaban J connectivity index is 3.23. The molecule has 1 aliphatic carbocycles. The molecule has 1 saturated carbocycles. The van der Waals surface area contributed by atoms with Gasteiger partial charge in [0.2, 0.25) is 0 Å². The van der Waals surface area contributed by atoms with E-state index in [0.29, 0.717) is 19.4 Å². The van der Waals surface area contributed by atoms with Crippen LogP contribution in [0.3, 0.4) is 0 Å². The summed E-state index contributed by atoms with van der Waals surface area (Å²) in [5.41, 5.74) is -1.54. The van der Waals surface area contributed by atoms with Crippen molar-refractivity contribution < 1.29 is 19.1 Å². The molecule has 0 saturated heterocycles. The van der Waals surface area contributed by atoms with E-state index in [9.17, 15) is 9.59 Å². The molecule has 0 radical (unpaired) electrons. The lowest BCUT2D eigenvalue weighted by Gasteiger charge is -2.46. The summed E-state index contributed by atoms with van der Waals surface area (Å²) in [5.74, 6) is -0.309. The van der Waals surface area contributed by atoms with Crippen molar-refractivity contribution in [2.45, 2.75) is 95.7 Å². The van der Waals surface area contributed by atoms with E-state index >= 15 is 0 Å². The van der Waals surface area contributed by atoms with Gasteiger partial charge in [0.25, 0.3) is 0 Å². The molecule has 1 amide bonds. The van der Waals surface area contributed by atoms with Gasteiger partial charge in [-0.25, -0.2) is 9.59 Å². The molecule has 140 valence electrons. The van der Waals surface area contributed by atoms with Crippen molar-refractivity contribution in [3.05, 3.63) is 0 Å². The van der Waals surface area contributed by atoms with Crippen LogP contribution in [-0.2, 0) is 14.3 Å². The zero-order valence-electron chi connectivity index (χ0n) is 15.7. The van der Waals surface area contributed by atoms with Crippen LogP contribution in [0.5, 0.6) is 0 Å². The van der Waals surface area contributed by atoms with Crippen molar-refractivity contribution >= 4 is 28.0 Å². The van der Waals surface area contributed by atoms with Crippen LogP contribution < -0.4 is 0 Å². The van der Waals surface area contributed by atoms with Crippen molar-refractivity contribution in [2.24, 2.45) is 0 Å². The van der Waals surface area contributed by atoms with E-state index in [1.54, 1.807) is 11.8 Å². The van der Waals surface area contributed by atoms with E-state index < -0.39 is 17.2 Å². The van der Waals surface area contributed by atoms with E-state index in [0.717, 1.165) is 32.1 Å². The van der Waals surface area contributed by atoms with Crippen molar-refractivity contribution in [3.63, 3.8) is 0 Å². The van der Waals surface area contributed by atoms with Crippen LogP contribution in [0.2, 0.25) is 0 Å². The highest BCUT2D eigenvalue weighted by atomic mass is 79.9. The first-order chi connectivity index (χ1) is 11.2. The molecule has 0 aromatic carbocycles. The summed E-state index contributed by atoms with van der Waals surface area (Å²) in [7, 11) is 0. The average Bonchev–Trinajstić information content (AvgIpc) is 2.47. The number of halogens is 1. The lowest BCUT2D eigenvalue weighted by Crippen LogP contribution is -2.61. The van der Waals surface area contributed by atoms with Crippen LogP contribution >= 0.6 is 15.9 Å². The SMILES string of the molecule is CCCC(Br)N(C(=O)OC(C)(C)C)C1(C(=O)OCC)CCCCC1. The topological polar surface area (TPSA) is 55.8 Å². The summed E-state index contributed by atoms with van der Waals surface area (Å²) in [6.45, 7) is 9.67. The lowest BCUT2D eigenvalue weighted by atomic mass is 9.80. The van der Waals surface area contributed by atoms with E-state index in [1.807, 2.05) is 20.8 Å². The summed E-state index contributed by atoms with van der Waals surface area (Å²) in [6, 6.07) is 0. The number of hydrogen-bond acceptors (Lipinski definition) is 4. The van der Waals surface area contributed by atoms with Gasteiger partial charge in [-0.1, -0.05) is 48.5 Å². The van der Waals surface area contributed by atoms with Crippen LogP contribution in [0.1, 0.15) is 79.6 Å². The third kappa shape index (κ3) is 5.36. The number of hydrogen-bond donors (Lipinski definition) is 0. The largest absolute Gasteiger partial charge is 0.464 e. The summed E-state index contributed by atoms with van der Waals surface area (Å²) in [5, 5.41) is 0. The molecule has 0 aliphatic heterocycles. The molecular formula is C18H32BrNO4. The zero-order valence-corrected chi connectivity index (χ0v) is 17.3. The van der Waals surface area contributed by atoms with Crippen LogP contribution in [0.4, 0.5) is 4.79 Å². The van der Waals surface area contributed by atoms with Crippen molar-refractivity contribution in [3.8, 4) is 0 Å². The van der Waals surface area contributed by atoms with Gasteiger partial charge >= 0.3 is 12.1 Å². The molecule has 0 N–H and O–H groups in total. The van der Waals surface area contributed by atoms with Crippen LogP contribution in [0.25, 0.3) is 0 Å². The van der Waals surface area contributed by atoms with Gasteiger partial charge in [0, 0.05) is 0 Å². The standard InChI is InChI=1S/C18H32BrNO4/c1-6-11-14(19)20(16(22)24-17(3,4)5)18(15(21)23-7-2)12-9-8-10-13-18/h14H,6-13H2,1-5H3. The Hall–Kier alpha value is -0.780. The molecule has 1 atom stereocenters. The normalized spacial score (nSPS) is 18.6. The van der Waals surface area contributed by atoms with Crippen LogP contribution in [0, 0.1) is 0 Å². The fraction of sp³-hybridized carbons (Fsp3) is 0.889. The van der Waals surface area contributed by atoms with E-state index in [1.165, 1.54) is 0 Å². The van der Waals surface area contributed by atoms with Gasteiger partial charge in [-0.2, -0.15) is 0 Å². The maximum Gasteiger partial charge on any atom is 0.412 e. The Kier molecular flexibility index (Phi) is 8.03. The first-order valence-electron chi connectivity index (χ1n) is 9.01. The average molecular weight is 406 g/mol. The molecule has 1 rings (SSSR count). The number of carbonyl (C=O) groups is 2. The molecular weight excluding hydrogens is 374 g/mol. The maximum absolute atomic E-state index is 13.0. The number of rotatable bonds is 6. The predicted molar refractivity (Wildman–Crippen MR) is 98.1 cm³/mol. The highest BCUT2D eigenvalue weighted by Crippen LogP contribution is 2.39. The number of esters is 1. The predicted octanol–water partition coefficient (Wildman–Crippen LogP) is 5.01. The second-order valence-electron chi connectivity index (χ2n) is 7.39. The molecule has 0 aromatic heterocycles. The van der Waals surface area contributed by atoms with Gasteiger partial charge in [0.15, 0.2) is 0 Å². The zero-order chi connectivity index (χ0) is 18.4. The summed E-state index contributed by atoms with van der Waals surface area (Å²) < 4.78 is 11.0. The number of ether oxygens (including phenoxy) is 2. The molecule has 1 unspecified atom stereocenters. The minimum atomic E-state index is -0.931. The second kappa shape index (κ2) is 9.07. The lowest BCUT2D eigenvalue weighted by molar-refractivity contribution is -0.160. The Morgan fingerprint density at radius 3 is 2.21 bits per heavy atom. The summed E-state index contributed by atoms with van der Waals surface area (Å²) >= 11 is 3.62. The van der Waals surface area contributed by atoms with Gasteiger partial charge in [-0.05, 0) is 47.0 Å². The quantitative estimate of drug-likeness (QED) is 0.354. The highest BCUT2D eigenvalue weighted by Gasteiger charge is 2.51. The van der Waals surface area contributed by atoms with Crippen LogP contribution in [0.15, 0.2) is 0 Å². The molecule has 5 nitrogen and oxygen atoms in total. The van der Waals surface area contributed by atoms with Crippen molar-refractivity contribution in [2.75, 3.05) is 6.61 Å². The Morgan fingerprint density at radius 1 is 1.17 bits per heavy atom. The highest BCUT2D eigenvalue weighted by molar-refractivity contribution is 9.09. The molecule has 1 aliphatic rings. The van der Waals surface area contributed by atoms with Gasteiger partial charge in [0.1, 0.15) is 11.1 Å². The first kappa shape index (κ1) is 21.3. The molecule has 0 heterocycles. The van der Waals surface area contributed by atoms with Gasteiger partial charge in [-0.15, -0.1) is 0 Å². The smallest absolute Gasteiger partial charge is 0.412 e. The minimum absolute atomic E-state index is 0.250. The number of nitrogens with zero attached hydrogens (tertiary/aromatic N) is 1. The fourth-order valence-electron chi connectivity index (χ4n) is 3.18. The Labute approximate surface area is 154 Å². The molecule has 24 heavy (non-hydrogen) atoms. The van der Waals surface area contributed by atoms with Crippen molar-refractivity contribution in [1.29, 1.82) is 0 Å². The van der Waals surface area contributed by atoms with Gasteiger partial charge in [-0.3, -0.25) is 4.90 Å². The molecule has 6 heteroatoms. The monoisotopic (exact) mass is 405 g/mol. The third-order valence-electron chi connectivity index (χ3n) is 4.19. The number of amides is 1. The summed E-state index contributed by atoms with van der Waals surface area (Å²) in [4.78, 5) is 27.2. The first-order valence-corrected chi connectivity index (χ1v) is 9.93. The number of alkyl halides is 1. The van der Waals surface area contributed by atoms with Crippen molar-refractivity contribution in [1.82, 2.24) is 4.90 Å². The fourth-order valence-corrected chi connectivity index (χ4v) is 4.20. The Bertz CT molecular complexity index is 427. The molecule has 0 spiro atoms. The van der Waals surface area contributed by atoms with Gasteiger partial charge in [0.05, 0.1) is 11.6 Å². The summed E-state index contributed by atoms with van der Waals surface area (Å²) in [6.07, 6.45) is 5.33. The van der Waals surface area contributed by atoms with E-state index in [2.05, 4.69) is 22.9 Å².